The minimum absolute atomic E-state index is 0.0693. The number of amidine groups is 1. The van der Waals surface area contributed by atoms with Crippen molar-refractivity contribution in [2.75, 3.05) is 0 Å². The molecule has 2 aromatic carbocycles. The smallest absolute Gasteiger partial charge is 0.126 e. The summed E-state index contributed by atoms with van der Waals surface area (Å²) < 4.78 is 1.75. The molecular weight excluding hydrogens is 260 g/mol. The van der Waals surface area contributed by atoms with Gasteiger partial charge in [-0.2, -0.15) is 5.10 Å². The van der Waals surface area contributed by atoms with Crippen molar-refractivity contribution >= 4 is 28.3 Å². The van der Waals surface area contributed by atoms with Crippen LogP contribution in [-0.2, 0) is 0 Å². The molecule has 0 spiro atoms. The van der Waals surface area contributed by atoms with Crippen LogP contribution in [0.5, 0.6) is 0 Å². The molecule has 0 aliphatic carbocycles. The third-order valence-electron chi connectivity index (χ3n) is 2.97. The summed E-state index contributed by atoms with van der Waals surface area (Å²) in [5.74, 6) is -0.0693. The van der Waals surface area contributed by atoms with E-state index >= 15 is 0 Å². The lowest BCUT2D eigenvalue weighted by molar-refractivity contribution is 0.908. The van der Waals surface area contributed by atoms with Crippen LogP contribution in [0.15, 0.2) is 48.7 Å². The second kappa shape index (κ2) is 4.40. The maximum Gasteiger partial charge on any atom is 0.126 e. The highest BCUT2D eigenvalue weighted by molar-refractivity contribution is 6.34. The number of nitrogens with zero attached hydrogens (tertiary/aromatic N) is 2. The van der Waals surface area contributed by atoms with Gasteiger partial charge in [-0.15, -0.1) is 0 Å². The highest BCUT2D eigenvalue weighted by Crippen LogP contribution is 2.25. The van der Waals surface area contributed by atoms with Crippen LogP contribution in [0.25, 0.3) is 16.6 Å². The zero-order valence-electron chi connectivity index (χ0n) is 9.97. The van der Waals surface area contributed by atoms with Crippen molar-refractivity contribution in [3.63, 3.8) is 0 Å². The molecule has 0 aliphatic rings. The van der Waals surface area contributed by atoms with Gasteiger partial charge in [-0.1, -0.05) is 35.9 Å². The van der Waals surface area contributed by atoms with Crippen LogP contribution in [0, 0.1) is 5.41 Å². The molecule has 5 heteroatoms. The van der Waals surface area contributed by atoms with Crippen LogP contribution in [0.4, 0.5) is 0 Å². The Morgan fingerprint density at radius 3 is 2.74 bits per heavy atom. The second-order valence-electron chi connectivity index (χ2n) is 4.16. The minimum Gasteiger partial charge on any atom is -0.384 e. The fourth-order valence-electron chi connectivity index (χ4n) is 2.12. The van der Waals surface area contributed by atoms with E-state index in [1.807, 2.05) is 36.4 Å². The summed E-state index contributed by atoms with van der Waals surface area (Å²) in [6.07, 6.45) is 1.78. The molecule has 1 heterocycles. The molecule has 0 saturated carbocycles. The van der Waals surface area contributed by atoms with Crippen LogP contribution in [0.1, 0.15) is 5.56 Å². The topological polar surface area (TPSA) is 67.7 Å². The molecule has 0 fully saturated rings. The molecule has 3 aromatic rings. The van der Waals surface area contributed by atoms with E-state index in [2.05, 4.69) is 5.10 Å². The number of para-hydroxylation sites is 1. The van der Waals surface area contributed by atoms with E-state index < -0.39 is 0 Å². The Kier molecular flexibility index (Phi) is 2.72. The lowest BCUT2D eigenvalue weighted by atomic mass is 10.1. The highest BCUT2D eigenvalue weighted by atomic mass is 35.5. The van der Waals surface area contributed by atoms with Crippen molar-refractivity contribution in [1.82, 2.24) is 9.78 Å². The van der Waals surface area contributed by atoms with Crippen LogP contribution in [0.3, 0.4) is 0 Å². The lowest BCUT2D eigenvalue weighted by Gasteiger charge is -2.11. The Bertz CT molecular complexity index is 776. The zero-order chi connectivity index (χ0) is 13.4. The second-order valence-corrected chi connectivity index (χ2v) is 4.57. The zero-order valence-corrected chi connectivity index (χ0v) is 10.7. The minimum atomic E-state index is -0.0693. The summed E-state index contributed by atoms with van der Waals surface area (Å²) in [5.41, 5.74) is 7.78. The first-order valence-corrected chi connectivity index (χ1v) is 6.12. The third-order valence-corrected chi connectivity index (χ3v) is 3.28. The van der Waals surface area contributed by atoms with E-state index in [1.165, 1.54) is 0 Å². The first-order valence-electron chi connectivity index (χ1n) is 5.74. The van der Waals surface area contributed by atoms with E-state index in [1.54, 1.807) is 16.9 Å². The molecule has 0 aliphatic heterocycles. The van der Waals surface area contributed by atoms with Crippen LogP contribution >= 0.6 is 11.6 Å². The van der Waals surface area contributed by atoms with Crippen molar-refractivity contribution in [3.8, 4) is 5.69 Å². The standard InChI is InChI=1S/C14H11ClN4/c15-10-5-3-7-12(13(10)14(16)17)19-11-6-2-1-4-9(11)8-18-19/h1-8H,(H3,16,17). The molecule has 0 radical (unpaired) electrons. The summed E-state index contributed by atoms with van der Waals surface area (Å²) in [6, 6.07) is 13.2. The van der Waals surface area contributed by atoms with Gasteiger partial charge in [0.15, 0.2) is 0 Å². The molecule has 3 rings (SSSR count). The van der Waals surface area contributed by atoms with Crippen LogP contribution < -0.4 is 5.73 Å². The Morgan fingerprint density at radius 2 is 1.95 bits per heavy atom. The molecule has 94 valence electrons. The number of halogens is 1. The van der Waals surface area contributed by atoms with E-state index in [0.717, 1.165) is 10.9 Å². The van der Waals surface area contributed by atoms with Crippen LogP contribution in [0.2, 0.25) is 5.02 Å². The maximum absolute atomic E-state index is 7.68. The number of rotatable bonds is 2. The molecule has 0 saturated heterocycles. The first kappa shape index (κ1) is 11.7. The number of nitrogens with one attached hydrogen (secondary N) is 1. The summed E-state index contributed by atoms with van der Waals surface area (Å²) in [7, 11) is 0. The number of fused-ring (bicyclic) bond motifs is 1. The quantitative estimate of drug-likeness (QED) is 0.555. The number of aromatic nitrogens is 2. The van der Waals surface area contributed by atoms with E-state index in [-0.39, 0.29) is 5.84 Å². The normalized spacial score (nSPS) is 10.8. The van der Waals surface area contributed by atoms with Gasteiger partial charge in [0.25, 0.3) is 0 Å². The lowest BCUT2D eigenvalue weighted by Crippen LogP contribution is -2.15. The molecule has 3 N–H and O–H groups in total. The van der Waals surface area contributed by atoms with Crippen molar-refractivity contribution < 1.29 is 0 Å². The summed E-state index contributed by atoms with van der Waals surface area (Å²) in [5, 5.41) is 13.5. The Hall–Kier alpha value is -2.33. The first-order chi connectivity index (χ1) is 9.18. The molecule has 0 atom stereocenters. The Morgan fingerprint density at radius 1 is 1.16 bits per heavy atom. The van der Waals surface area contributed by atoms with E-state index in [4.69, 9.17) is 22.7 Å². The van der Waals surface area contributed by atoms with Gasteiger partial charge in [-0.3, -0.25) is 5.41 Å². The van der Waals surface area contributed by atoms with E-state index in [0.29, 0.717) is 16.3 Å². The summed E-state index contributed by atoms with van der Waals surface area (Å²) in [4.78, 5) is 0. The molecule has 1 aromatic heterocycles. The Balaban J connectivity index is 2.33. The predicted octanol–water partition coefficient (Wildman–Crippen LogP) is 2.96. The van der Waals surface area contributed by atoms with Gasteiger partial charge in [0, 0.05) is 5.39 Å². The van der Waals surface area contributed by atoms with Crippen molar-refractivity contribution in [2.24, 2.45) is 5.73 Å². The SMILES string of the molecule is N=C(N)c1c(Cl)cccc1-n1ncc2ccccc21. The van der Waals surface area contributed by atoms with Gasteiger partial charge < -0.3 is 5.73 Å². The fourth-order valence-corrected chi connectivity index (χ4v) is 2.39. The van der Waals surface area contributed by atoms with Gasteiger partial charge in [0.05, 0.1) is 28.0 Å². The highest BCUT2D eigenvalue weighted by Gasteiger charge is 2.13. The van der Waals surface area contributed by atoms with Crippen molar-refractivity contribution in [1.29, 1.82) is 5.41 Å². The van der Waals surface area contributed by atoms with Gasteiger partial charge in [0.1, 0.15) is 5.84 Å². The van der Waals surface area contributed by atoms with Gasteiger partial charge >= 0.3 is 0 Å². The number of nitrogen functional groups attached to an aromatic ring is 1. The monoisotopic (exact) mass is 270 g/mol. The molecule has 19 heavy (non-hydrogen) atoms. The average molecular weight is 271 g/mol. The van der Waals surface area contributed by atoms with Crippen molar-refractivity contribution in [2.45, 2.75) is 0 Å². The maximum atomic E-state index is 7.68. The van der Waals surface area contributed by atoms with Gasteiger partial charge in [-0.25, -0.2) is 4.68 Å². The summed E-state index contributed by atoms with van der Waals surface area (Å²) >= 11 is 6.13. The molecule has 0 amide bonds. The van der Waals surface area contributed by atoms with Crippen molar-refractivity contribution in [3.05, 3.63) is 59.2 Å². The molecule has 0 bridgehead atoms. The van der Waals surface area contributed by atoms with Crippen LogP contribution in [-0.4, -0.2) is 15.6 Å². The largest absolute Gasteiger partial charge is 0.384 e. The average Bonchev–Trinajstić information content (AvgIpc) is 2.81. The number of hydrogen-bond donors (Lipinski definition) is 2. The van der Waals surface area contributed by atoms with Gasteiger partial charge in [0.2, 0.25) is 0 Å². The predicted molar refractivity (Wildman–Crippen MR) is 77.1 cm³/mol. The molecule has 4 nitrogen and oxygen atoms in total. The van der Waals surface area contributed by atoms with Gasteiger partial charge in [-0.05, 0) is 18.2 Å². The summed E-state index contributed by atoms with van der Waals surface area (Å²) in [6.45, 7) is 0. The number of nitrogens with two attached hydrogens (primary N) is 1. The Labute approximate surface area is 114 Å². The number of benzene rings is 2. The number of hydrogen-bond acceptors (Lipinski definition) is 2. The molecule has 0 unspecified atom stereocenters. The van der Waals surface area contributed by atoms with E-state index in [9.17, 15) is 0 Å². The molecular formula is C14H11ClN4. The third kappa shape index (κ3) is 1.86. The fraction of sp³-hybridized carbons (Fsp3) is 0.